The van der Waals surface area contributed by atoms with Crippen molar-refractivity contribution in [1.82, 2.24) is 9.97 Å². The Kier molecular flexibility index (Phi) is 6.05. The molecular weight excluding hydrogens is 244 g/mol. The molecule has 0 saturated heterocycles. The zero-order valence-electron chi connectivity index (χ0n) is 11.8. The Bertz CT molecular complexity index is 419. The van der Waals surface area contributed by atoms with Gasteiger partial charge in [0, 0.05) is 32.1 Å². The van der Waals surface area contributed by atoms with Gasteiger partial charge in [-0.25, -0.2) is 9.97 Å². The second-order valence-corrected chi connectivity index (χ2v) is 4.25. The Morgan fingerprint density at radius 3 is 2.63 bits per heavy atom. The lowest BCUT2D eigenvalue weighted by Crippen LogP contribution is -2.23. The van der Waals surface area contributed by atoms with Crippen LogP contribution in [0.4, 0.5) is 11.6 Å². The van der Waals surface area contributed by atoms with E-state index >= 15 is 0 Å². The van der Waals surface area contributed by atoms with Gasteiger partial charge in [0.1, 0.15) is 17.5 Å². The van der Waals surface area contributed by atoms with Crippen molar-refractivity contribution < 1.29 is 9.90 Å². The lowest BCUT2D eigenvalue weighted by atomic mass is 10.3. The van der Waals surface area contributed by atoms with Crippen LogP contribution < -0.4 is 10.2 Å². The van der Waals surface area contributed by atoms with Crippen molar-refractivity contribution in [3.8, 4) is 0 Å². The maximum absolute atomic E-state index is 10.4. The highest BCUT2D eigenvalue weighted by Gasteiger charge is 2.07. The topological polar surface area (TPSA) is 78.4 Å². The van der Waals surface area contributed by atoms with Crippen LogP contribution in [-0.4, -0.2) is 40.7 Å². The summed E-state index contributed by atoms with van der Waals surface area (Å²) in [5, 5.41) is 11.7. The normalized spacial score (nSPS) is 10.3. The number of anilines is 2. The molecule has 0 aliphatic heterocycles. The molecule has 0 amide bonds. The lowest BCUT2D eigenvalue weighted by molar-refractivity contribution is -0.137. The van der Waals surface area contributed by atoms with Gasteiger partial charge in [0.15, 0.2) is 0 Å². The number of carbonyl (C=O) groups is 1. The average molecular weight is 266 g/mol. The summed E-state index contributed by atoms with van der Waals surface area (Å²) in [7, 11) is 0. The summed E-state index contributed by atoms with van der Waals surface area (Å²) < 4.78 is 0. The second kappa shape index (κ2) is 7.56. The molecule has 0 aromatic carbocycles. The van der Waals surface area contributed by atoms with E-state index in [0.717, 1.165) is 24.7 Å². The first-order valence-corrected chi connectivity index (χ1v) is 6.63. The van der Waals surface area contributed by atoms with Gasteiger partial charge in [-0.05, 0) is 27.2 Å². The van der Waals surface area contributed by atoms with Crippen molar-refractivity contribution in [2.75, 3.05) is 29.9 Å². The standard InChI is InChI=1S/C13H22N4O2/c1-4-17(5-2)12-9-11(15-10(3)16-12)14-8-6-7-13(18)19/h9H,4-8H2,1-3H3,(H,18,19)(H,14,15,16). The monoisotopic (exact) mass is 266 g/mol. The molecule has 1 heterocycles. The molecule has 6 heteroatoms. The number of nitrogens with zero attached hydrogens (tertiary/aromatic N) is 3. The van der Waals surface area contributed by atoms with Crippen LogP contribution in [0.15, 0.2) is 6.07 Å². The van der Waals surface area contributed by atoms with Gasteiger partial charge < -0.3 is 15.3 Å². The molecule has 0 saturated carbocycles. The van der Waals surface area contributed by atoms with E-state index in [1.54, 1.807) is 0 Å². The number of aromatic nitrogens is 2. The van der Waals surface area contributed by atoms with Crippen LogP contribution in [0.2, 0.25) is 0 Å². The molecule has 0 fully saturated rings. The van der Waals surface area contributed by atoms with Gasteiger partial charge in [-0.2, -0.15) is 0 Å². The first-order chi connectivity index (χ1) is 9.06. The quantitative estimate of drug-likeness (QED) is 0.700. The molecule has 6 nitrogen and oxygen atoms in total. The zero-order valence-corrected chi connectivity index (χ0v) is 11.8. The SMILES string of the molecule is CCN(CC)c1cc(NCCCC(=O)O)nc(C)n1. The third-order valence-electron chi connectivity index (χ3n) is 2.79. The van der Waals surface area contributed by atoms with Crippen molar-refractivity contribution in [3.63, 3.8) is 0 Å². The molecular formula is C13H22N4O2. The molecule has 0 unspecified atom stereocenters. The molecule has 1 aromatic heterocycles. The summed E-state index contributed by atoms with van der Waals surface area (Å²) in [5.41, 5.74) is 0. The molecule has 19 heavy (non-hydrogen) atoms. The Morgan fingerprint density at radius 1 is 1.37 bits per heavy atom. The van der Waals surface area contributed by atoms with E-state index in [1.165, 1.54) is 0 Å². The highest BCUT2D eigenvalue weighted by atomic mass is 16.4. The highest BCUT2D eigenvalue weighted by molar-refractivity contribution is 5.66. The molecule has 2 N–H and O–H groups in total. The van der Waals surface area contributed by atoms with E-state index in [9.17, 15) is 4.79 Å². The predicted molar refractivity (Wildman–Crippen MR) is 75.7 cm³/mol. The van der Waals surface area contributed by atoms with Gasteiger partial charge in [-0.15, -0.1) is 0 Å². The van der Waals surface area contributed by atoms with Crippen LogP contribution in [0.1, 0.15) is 32.5 Å². The van der Waals surface area contributed by atoms with Crippen LogP contribution in [0.5, 0.6) is 0 Å². The van der Waals surface area contributed by atoms with E-state index < -0.39 is 5.97 Å². The van der Waals surface area contributed by atoms with Crippen molar-refractivity contribution in [1.29, 1.82) is 0 Å². The molecule has 106 valence electrons. The smallest absolute Gasteiger partial charge is 0.303 e. The zero-order chi connectivity index (χ0) is 14.3. The van der Waals surface area contributed by atoms with Gasteiger partial charge in [-0.1, -0.05) is 0 Å². The maximum atomic E-state index is 10.4. The molecule has 0 atom stereocenters. The minimum absolute atomic E-state index is 0.167. The Balaban J connectivity index is 2.65. The Labute approximate surface area is 113 Å². The Morgan fingerprint density at radius 2 is 2.05 bits per heavy atom. The van der Waals surface area contributed by atoms with Crippen LogP contribution in [0, 0.1) is 6.92 Å². The summed E-state index contributed by atoms with van der Waals surface area (Å²) in [5.74, 6) is 1.59. The number of rotatable bonds is 8. The molecule has 0 aliphatic carbocycles. The predicted octanol–water partition coefficient (Wildman–Crippen LogP) is 1.91. The molecule has 0 bridgehead atoms. The van der Waals surface area contributed by atoms with Gasteiger partial charge in [0.2, 0.25) is 0 Å². The van der Waals surface area contributed by atoms with Gasteiger partial charge >= 0.3 is 5.97 Å². The number of hydrogen-bond acceptors (Lipinski definition) is 5. The second-order valence-electron chi connectivity index (χ2n) is 4.25. The minimum atomic E-state index is -0.774. The van der Waals surface area contributed by atoms with E-state index in [0.29, 0.717) is 18.8 Å². The van der Waals surface area contributed by atoms with E-state index in [-0.39, 0.29) is 6.42 Å². The molecule has 0 aliphatic rings. The number of carboxylic acids is 1. The number of carboxylic acid groups (broad SMARTS) is 1. The summed E-state index contributed by atoms with van der Waals surface area (Å²) in [6, 6.07) is 1.90. The summed E-state index contributed by atoms with van der Waals surface area (Å²) in [6.45, 7) is 8.41. The fraction of sp³-hybridized carbons (Fsp3) is 0.615. The van der Waals surface area contributed by atoms with E-state index in [4.69, 9.17) is 5.11 Å². The largest absolute Gasteiger partial charge is 0.481 e. The molecule has 1 rings (SSSR count). The van der Waals surface area contributed by atoms with Gasteiger partial charge in [0.25, 0.3) is 0 Å². The fourth-order valence-corrected chi connectivity index (χ4v) is 1.81. The highest BCUT2D eigenvalue weighted by Crippen LogP contribution is 2.15. The van der Waals surface area contributed by atoms with Crippen molar-refractivity contribution in [2.45, 2.75) is 33.6 Å². The van der Waals surface area contributed by atoms with Crippen molar-refractivity contribution >= 4 is 17.6 Å². The number of aliphatic carboxylic acids is 1. The molecule has 0 spiro atoms. The Hall–Kier alpha value is -1.85. The van der Waals surface area contributed by atoms with E-state index in [2.05, 4.69) is 34.0 Å². The maximum Gasteiger partial charge on any atom is 0.303 e. The summed E-state index contributed by atoms with van der Waals surface area (Å²) in [4.78, 5) is 21.3. The first kappa shape index (κ1) is 15.2. The first-order valence-electron chi connectivity index (χ1n) is 6.63. The fourth-order valence-electron chi connectivity index (χ4n) is 1.81. The number of hydrogen-bond donors (Lipinski definition) is 2. The van der Waals surface area contributed by atoms with Crippen LogP contribution in [-0.2, 0) is 4.79 Å². The minimum Gasteiger partial charge on any atom is -0.481 e. The molecule has 0 radical (unpaired) electrons. The number of aryl methyl sites for hydroxylation is 1. The lowest BCUT2D eigenvalue weighted by Gasteiger charge is -2.20. The molecule has 1 aromatic rings. The van der Waals surface area contributed by atoms with E-state index in [1.807, 2.05) is 13.0 Å². The summed E-state index contributed by atoms with van der Waals surface area (Å²) in [6.07, 6.45) is 0.749. The van der Waals surface area contributed by atoms with Crippen LogP contribution in [0.3, 0.4) is 0 Å². The van der Waals surface area contributed by atoms with Crippen LogP contribution >= 0.6 is 0 Å². The van der Waals surface area contributed by atoms with Crippen molar-refractivity contribution in [2.24, 2.45) is 0 Å². The third kappa shape index (κ3) is 5.11. The van der Waals surface area contributed by atoms with Crippen molar-refractivity contribution in [3.05, 3.63) is 11.9 Å². The van der Waals surface area contributed by atoms with Crippen LogP contribution in [0.25, 0.3) is 0 Å². The average Bonchev–Trinajstić information content (AvgIpc) is 2.35. The number of nitrogens with one attached hydrogen (secondary N) is 1. The van der Waals surface area contributed by atoms with Gasteiger partial charge in [-0.3, -0.25) is 4.79 Å². The third-order valence-corrected chi connectivity index (χ3v) is 2.79. The summed E-state index contributed by atoms with van der Waals surface area (Å²) >= 11 is 0. The van der Waals surface area contributed by atoms with Gasteiger partial charge in [0.05, 0.1) is 0 Å².